The predicted octanol–water partition coefficient (Wildman–Crippen LogP) is 2.27. The molecule has 0 unspecified atom stereocenters. The predicted molar refractivity (Wildman–Crippen MR) is 107 cm³/mol. The number of aromatic nitrogens is 3. The number of piperidine rings is 1. The molecule has 0 atom stereocenters. The van der Waals surface area contributed by atoms with E-state index in [-0.39, 0.29) is 6.61 Å². The molecular formula is C20H24N6O. The van der Waals surface area contributed by atoms with Gasteiger partial charge in [-0.1, -0.05) is 24.3 Å². The van der Waals surface area contributed by atoms with Crippen LogP contribution in [0.1, 0.15) is 18.4 Å². The summed E-state index contributed by atoms with van der Waals surface area (Å²) < 4.78 is 0. The summed E-state index contributed by atoms with van der Waals surface area (Å²) in [7, 11) is 2.14. The molecule has 7 nitrogen and oxygen atoms in total. The van der Waals surface area contributed by atoms with E-state index in [2.05, 4.69) is 27.2 Å². The molecule has 1 saturated heterocycles. The second-order valence-electron chi connectivity index (χ2n) is 7.04. The summed E-state index contributed by atoms with van der Waals surface area (Å²) in [4.78, 5) is 16.0. The Kier molecular flexibility index (Phi) is 4.87. The fourth-order valence-corrected chi connectivity index (χ4v) is 3.49. The van der Waals surface area contributed by atoms with Crippen molar-refractivity contribution >= 4 is 22.8 Å². The Balaban J connectivity index is 1.68. The van der Waals surface area contributed by atoms with E-state index in [1.54, 1.807) is 0 Å². The van der Waals surface area contributed by atoms with Gasteiger partial charge in [-0.3, -0.25) is 0 Å². The van der Waals surface area contributed by atoms with Gasteiger partial charge in [-0.25, -0.2) is 4.98 Å². The number of aliphatic hydroxyl groups is 1. The maximum atomic E-state index is 9.60. The van der Waals surface area contributed by atoms with E-state index in [1.807, 2.05) is 36.4 Å². The Morgan fingerprint density at radius 1 is 1.11 bits per heavy atom. The third-order valence-corrected chi connectivity index (χ3v) is 5.10. The zero-order valence-electron chi connectivity index (χ0n) is 15.4. The minimum Gasteiger partial charge on any atom is -0.392 e. The molecule has 2 aromatic heterocycles. The first kappa shape index (κ1) is 17.6. The maximum Gasteiger partial charge on any atom is 0.226 e. The lowest BCUT2D eigenvalue weighted by Crippen LogP contribution is -2.37. The van der Waals surface area contributed by atoms with Gasteiger partial charge in [-0.15, -0.1) is 0 Å². The first-order valence-corrected chi connectivity index (χ1v) is 9.22. The van der Waals surface area contributed by atoms with Gasteiger partial charge in [0.05, 0.1) is 17.7 Å². The highest BCUT2D eigenvalue weighted by Crippen LogP contribution is 2.26. The number of fused-ring (bicyclic) bond motifs is 1. The number of nitrogen functional groups attached to an aromatic ring is 1. The molecule has 1 fully saturated rings. The van der Waals surface area contributed by atoms with Crippen molar-refractivity contribution in [3.8, 4) is 11.3 Å². The Morgan fingerprint density at radius 2 is 1.89 bits per heavy atom. The van der Waals surface area contributed by atoms with Gasteiger partial charge in [0, 0.05) is 11.6 Å². The number of likely N-dealkylation sites (tertiary alicyclic amines) is 1. The molecular weight excluding hydrogens is 340 g/mol. The van der Waals surface area contributed by atoms with Crippen molar-refractivity contribution in [1.29, 1.82) is 0 Å². The van der Waals surface area contributed by atoms with Gasteiger partial charge in [0.2, 0.25) is 5.95 Å². The van der Waals surface area contributed by atoms with E-state index in [1.165, 1.54) is 0 Å². The van der Waals surface area contributed by atoms with E-state index in [0.29, 0.717) is 23.5 Å². The van der Waals surface area contributed by atoms with Crippen molar-refractivity contribution < 1.29 is 5.11 Å². The van der Waals surface area contributed by atoms with Crippen LogP contribution in [0.5, 0.6) is 0 Å². The Hall–Kier alpha value is -2.77. The Labute approximate surface area is 158 Å². The lowest BCUT2D eigenvalue weighted by atomic mass is 10.0. The molecule has 1 aromatic carbocycles. The Morgan fingerprint density at radius 3 is 2.67 bits per heavy atom. The topological polar surface area (TPSA) is 100 Å². The van der Waals surface area contributed by atoms with Gasteiger partial charge < -0.3 is 21.1 Å². The van der Waals surface area contributed by atoms with Crippen LogP contribution in [0.2, 0.25) is 0 Å². The van der Waals surface area contributed by atoms with Crippen molar-refractivity contribution in [2.75, 3.05) is 31.2 Å². The molecule has 0 amide bonds. The molecule has 0 aliphatic carbocycles. The molecule has 1 aliphatic heterocycles. The monoisotopic (exact) mass is 364 g/mol. The van der Waals surface area contributed by atoms with Crippen LogP contribution in [0.15, 0.2) is 36.4 Å². The molecule has 0 bridgehead atoms. The molecule has 0 saturated carbocycles. The molecule has 0 spiro atoms. The second-order valence-corrected chi connectivity index (χ2v) is 7.04. The summed E-state index contributed by atoms with van der Waals surface area (Å²) in [6, 6.07) is 11.8. The normalized spacial score (nSPS) is 15.9. The number of anilines is 2. The molecule has 4 rings (SSSR count). The van der Waals surface area contributed by atoms with Gasteiger partial charge in [-0.05, 0) is 50.7 Å². The number of hydrogen-bond acceptors (Lipinski definition) is 7. The van der Waals surface area contributed by atoms with Crippen molar-refractivity contribution in [3.63, 3.8) is 0 Å². The number of hydrogen-bond donors (Lipinski definition) is 3. The van der Waals surface area contributed by atoms with Gasteiger partial charge in [0.1, 0.15) is 5.82 Å². The van der Waals surface area contributed by atoms with Crippen LogP contribution in [0.25, 0.3) is 22.3 Å². The zero-order valence-corrected chi connectivity index (χ0v) is 15.4. The van der Waals surface area contributed by atoms with Gasteiger partial charge in [0.25, 0.3) is 0 Å². The summed E-state index contributed by atoms with van der Waals surface area (Å²) in [5, 5.41) is 13.7. The van der Waals surface area contributed by atoms with E-state index in [4.69, 9.17) is 10.7 Å². The molecule has 3 aromatic rings. The van der Waals surface area contributed by atoms with Gasteiger partial charge >= 0.3 is 0 Å². The molecule has 7 heteroatoms. The molecule has 27 heavy (non-hydrogen) atoms. The highest BCUT2D eigenvalue weighted by molar-refractivity contribution is 5.88. The number of rotatable bonds is 4. The first-order valence-electron chi connectivity index (χ1n) is 9.22. The minimum atomic E-state index is -0.0370. The zero-order chi connectivity index (χ0) is 18.8. The highest BCUT2D eigenvalue weighted by atomic mass is 16.3. The van der Waals surface area contributed by atoms with E-state index in [9.17, 15) is 5.11 Å². The van der Waals surface area contributed by atoms with Crippen molar-refractivity contribution in [3.05, 3.63) is 42.0 Å². The number of nitrogens with one attached hydrogen (secondary N) is 1. The summed E-state index contributed by atoms with van der Waals surface area (Å²) in [6.07, 6.45) is 2.10. The van der Waals surface area contributed by atoms with Crippen LogP contribution in [0.3, 0.4) is 0 Å². The number of pyridine rings is 1. The van der Waals surface area contributed by atoms with E-state index in [0.717, 1.165) is 48.1 Å². The largest absolute Gasteiger partial charge is 0.392 e. The smallest absolute Gasteiger partial charge is 0.226 e. The summed E-state index contributed by atoms with van der Waals surface area (Å²) in [5.41, 5.74) is 9.19. The SMILES string of the molecule is CN1CCC(Nc2nc(N)c3ccc(-c4ccccc4CO)nc3n2)CC1. The summed E-state index contributed by atoms with van der Waals surface area (Å²) in [5.74, 6) is 0.944. The number of benzene rings is 1. The van der Waals surface area contributed by atoms with Crippen molar-refractivity contribution in [1.82, 2.24) is 19.9 Å². The first-order chi connectivity index (χ1) is 13.1. The fraction of sp³-hybridized carbons (Fsp3) is 0.350. The third-order valence-electron chi connectivity index (χ3n) is 5.10. The maximum absolute atomic E-state index is 9.60. The average Bonchev–Trinajstić information content (AvgIpc) is 2.69. The number of aliphatic hydroxyl groups excluding tert-OH is 1. The lowest BCUT2D eigenvalue weighted by Gasteiger charge is -2.29. The molecule has 0 radical (unpaired) electrons. The minimum absolute atomic E-state index is 0.0370. The van der Waals surface area contributed by atoms with Crippen molar-refractivity contribution in [2.45, 2.75) is 25.5 Å². The van der Waals surface area contributed by atoms with Crippen LogP contribution in [0.4, 0.5) is 11.8 Å². The summed E-state index contributed by atoms with van der Waals surface area (Å²) in [6.45, 7) is 2.08. The van der Waals surface area contributed by atoms with Crippen LogP contribution in [-0.4, -0.2) is 51.1 Å². The van der Waals surface area contributed by atoms with Crippen LogP contribution in [0, 0.1) is 0 Å². The van der Waals surface area contributed by atoms with Crippen molar-refractivity contribution in [2.24, 2.45) is 0 Å². The van der Waals surface area contributed by atoms with Gasteiger partial charge in [-0.2, -0.15) is 9.97 Å². The summed E-state index contributed by atoms with van der Waals surface area (Å²) >= 11 is 0. The molecule has 140 valence electrons. The fourth-order valence-electron chi connectivity index (χ4n) is 3.49. The third kappa shape index (κ3) is 3.70. The van der Waals surface area contributed by atoms with Crippen LogP contribution < -0.4 is 11.1 Å². The standard InChI is InChI=1S/C20H24N6O/c1-26-10-8-14(9-11-26)22-20-24-18(21)16-6-7-17(23-19(16)25-20)15-5-3-2-4-13(15)12-27/h2-7,14,27H,8-12H2,1H3,(H3,21,22,23,24,25). The quantitative estimate of drug-likeness (QED) is 0.653. The number of nitrogens with zero attached hydrogens (tertiary/aromatic N) is 4. The average molecular weight is 364 g/mol. The molecule has 3 heterocycles. The van der Waals surface area contributed by atoms with Crippen LogP contribution >= 0.6 is 0 Å². The molecule has 4 N–H and O–H groups in total. The highest BCUT2D eigenvalue weighted by Gasteiger charge is 2.18. The number of nitrogens with two attached hydrogens (primary N) is 1. The molecule has 1 aliphatic rings. The van der Waals surface area contributed by atoms with E-state index < -0.39 is 0 Å². The lowest BCUT2D eigenvalue weighted by molar-refractivity contribution is 0.263. The second kappa shape index (κ2) is 7.46. The van der Waals surface area contributed by atoms with E-state index >= 15 is 0 Å². The van der Waals surface area contributed by atoms with Gasteiger partial charge in [0.15, 0.2) is 5.65 Å². The Bertz CT molecular complexity index is 952. The van der Waals surface area contributed by atoms with Crippen LogP contribution in [-0.2, 0) is 6.61 Å².